The standard InChI is InChI=1S/C32H31N5O2/c1-22-12-7-8-17-26(22)31(32(39)33-20-25-15-5-4-6-16-25)37(30-23(2)13-11-14-24(30)3)29(38)21-36-28-19-10-9-18-27(28)34-35-36/h4-19,31H,20-21H2,1-3H3,(H,33,39). The van der Waals surface area contributed by atoms with Gasteiger partial charge in [-0.15, -0.1) is 5.10 Å². The van der Waals surface area contributed by atoms with Gasteiger partial charge >= 0.3 is 0 Å². The average Bonchev–Trinajstić information content (AvgIpc) is 3.35. The van der Waals surface area contributed by atoms with Gasteiger partial charge in [0.15, 0.2) is 0 Å². The van der Waals surface area contributed by atoms with E-state index >= 15 is 0 Å². The van der Waals surface area contributed by atoms with Gasteiger partial charge in [0.1, 0.15) is 18.1 Å². The lowest BCUT2D eigenvalue weighted by atomic mass is 9.96. The highest BCUT2D eigenvalue weighted by Gasteiger charge is 2.35. The SMILES string of the molecule is Cc1ccccc1C(C(=O)NCc1ccccc1)N(C(=O)Cn1nnc2ccccc21)c1c(C)cccc1C. The summed E-state index contributed by atoms with van der Waals surface area (Å²) >= 11 is 0. The first-order valence-electron chi connectivity index (χ1n) is 13.0. The van der Waals surface area contributed by atoms with Crippen LogP contribution in [0.1, 0.15) is 33.9 Å². The number of amides is 2. The molecule has 7 nitrogen and oxygen atoms in total. The van der Waals surface area contributed by atoms with Crippen LogP contribution in [0.25, 0.3) is 11.0 Å². The Morgan fingerprint density at radius 3 is 2.18 bits per heavy atom. The monoisotopic (exact) mass is 517 g/mol. The van der Waals surface area contributed by atoms with Crippen LogP contribution in [0.15, 0.2) is 97.1 Å². The van der Waals surface area contributed by atoms with Crippen molar-refractivity contribution in [1.82, 2.24) is 20.3 Å². The van der Waals surface area contributed by atoms with E-state index in [1.165, 1.54) is 0 Å². The Kier molecular flexibility index (Phi) is 7.50. The minimum Gasteiger partial charge on any atom is -0.350 e. The van der Waals surface area contributed by atoms with Gasteiger partial charge in [-0.25, -0.2) is 4.68 Å². The number of carbonyl (C=O) groups excluding carboxylic acids is 2. The molecular formula is C32H31N5O2. The molecule has 0 fully saturated rings. The molecule has 0 radical (unpaired) electrons. The van der Waals surface area contributed by atoms with Gasteiger partial charge < -0.3 is 5.32 Å². The molecule has 0 spiro atoms. The topological polar surface area (TPSA) is 80.1 Å². The second kappa shape index (κ2) is 11.3. The van der Waals surface area contributed by atoms with Crippen LogP contribution in [0.5, 0.6) is 0 Å². The van der Waals surface area contributed by atoms with Gasteiger partial charge in [0.05, 0.1) is 11.2 Å². The quantitative estimate of drug-likeness (QED) is 0.297. The maximum Gasteiger partial charge on any atom is 0.249 e. The number of para-hydroxylation sites is 2. The van der Waals surface area contributed by atoms with E-state index in [0.29, 0.717) is 12.1 Å². The molecule has 0 bridgehead atoms. The number of nitrogens with zero attached hydrogens (tertiary/aromatic N) is 4. The predicted molar refractivity (Wildman–Crippen MR) is 153 cm³/mol. The molecule has 7 heteroatoms. The largest absolute Gasteiger partial charge is 0.350 e. The van der Waals surface area contributed by atoms with Crippen LogP contribution in [0, 0.1) is 20.8 Å². The highest BCUT2D eigenvalue weighted by Crippen LogP contribution is 2.35. The van der Waals surface area contributed by atoms with Crippen molar-refractivity contribution in [2.75, 3.05) is 4.90 Å². The third-order valence-corrected chi connectivity index (χ3v) is 6.95. The predicted octanol–water partition coefficient (Wildman–Crippen LogP) is 5.45. The maximum absolute atomic E-state index is 14.3. The van der Waals surface area contributed by atoms with Gasteiger partial charge in [-0.3, -0.25) is 14.5 Å². The van der Waals surface area contributed by atoms with Gasteiger partial charge in [-0.05, 0) is 60.7 Å². The Hall–Kier alpha value is -4.78. The van der Waals surface area contributed by atoms with Gasteiger partial charge in [0, 0.05) is 6.54 Å². The van der Waals surface area contributed by atoms with Crippen LogP contribution in [0.3, 0.4) is 0 Å². The molecule has 1 aromatic heterocycles. The smallest absolute Gasteiger partial charge is 0.249 e. The normalized spacial score (nSPS) is 11.8. The zero-order chi connectivity index (χ0) is 27.4. The summed E-state index contributed by atoms with van der Waals surface area (Å²) in [4.78, 5) is 30.0. The minimum atomic E-state index is -0.892. The number of hydrogen-bond acceptors (Lipinski definition) is 4. The number of fused-ring (bicyclic) bond motifs is 1. The second-order valence-electron chi connectivity index (χ2n) is 9.70. The van der Waals surface area contributed by atoms with Crippen LogP contribution in [-0.2, 0) is 22.7 Å². The highest BCUT2D eigenvalue weighted by molar-refractivity contribution is 6.02. The summed E-state index contributed by atoms with van der Waals surface area (Å²) in [6, 6.07) is 30.0. The summed E-state index contributed by atoms with van der Waals surface area (Å²) in [5, 5.41) is 11.6. The fourth-order valence-corrected chi connectivity index (χ4v) is 4.99. The van der Waals surface area contributed by atoms with Crippen LogP contribution >= 0.6 is 0 Å². The Labute approximate surface area is 228 Å². The van der Waals surface area contributed by atoms with Gasteiger partial charge in [-0.2, -0.15) is 0 Å². The van der Waals surface area contributed by atoms with E-state index in [0.717, 1.165) is 39.0 Å². The second-order valence-corrected chi connectivity index (χ2v) is 9.70. The van der Waals surface area contributed by atoms with Crippen LogP contribution in [0.4, 0.5) is 5.69 Å². The molecule has 39 heavy (non-hydrogen) atoms. The van der Waals surface area contributed by atoms with E-state index in [9.17, 15) is 9.59 Å². The van der Waals surface area contributed by atoms with Crippen molar-refractivity contribution in [3.8, 4) is 0 Å². The van der Waals surface area contributed by atoms with Crippen molar-refractivity contribution in [2.24, 2.45) is 0 Å². The van der Waals surface area contributed by atoms with Crippen LogP contribution in [0.2, 0.25) is 0 Å². The summed E-state index contributed by atoms with van der Waals surface area (Å²) in [6.07, 6.45) is 0. The van der Waals surface area contributed by atoms with E-state index < -0.39 is 6.04 Å². The first-order chi connectivity index (χ1) is 18.9. The molecule has 5 aromatic rings. The number of aryl methyl sites for hydroxylation is 3. The highest BCUT2D eigenvalue weighted by atomic mass is 16.2. The summed E-state index contributed by atoms with van der Waals surface area (Å²) in [5.74, 6) is -0.515. The van der Waals surface area contributed by atoms with Crippen molar-refractivity contribution in [1.29, 1.82) is 0 Å². The van der Waals surface area contributed by atoms with Crippen molar-refractivity contribution < 1.29 is 9.59 Å². The molecule has 0 aliphatic heterocycles. The van der Waals surface area contributed by atoms with Gasteiger partial charge in [0.25, 0.3) is 0 Å². The molecule has 0 saturated heterocycles. The number of aromatic nitrogens is 3. The molecule has 1 heterocycles. The molecule has 2 amide bonds. The third-order valence-electron chi connectivity index (χ3n) is 6.95. The lowest BCUT2D eigenvalue weighted by molar-refractivity contribution is -0.127. The summed E-state index contributed by atoms with van der Waals surface area (Å²) in [5.41, 5.74) is 6.66. The molecule has 5 rings (SSSR count). The van der Waals surface area contributed by atoms with Crippen LogP contribution in [-0.4, -0.2) is 26.8 Å². The van der Waals surface area contributed by atoms with E-state index in [2.05, 4.69) is 15.6 Å². The number of carbonyl (C=O) groups is 2. The summed E-state index contributed by atoms with van der Waals surface area (Å²) < 4.78 is 1.59. The van der Waals surface area contributed by atoms with E-state index in [4.69, 9.17) is 0 Å². The first kappa shape index (κ1) is 25.9. The Morgan fingerprint density at radius 2 is 1.44 bits per heavy atom. The molecule has 1 atom stereocenters. The fourth-order valence-electron chi connectivity index (χ4n) is 4.99. The Bertz CT molecular complexity index is 1610. The minimum absolute atomic E-state index is 0.0668. The van der Waals surface area contributed by atoms with Gasteiger partial charge in [-0.1, -0.05) is 90.1 Å². The van der Waals surface area contributed by atoms with E-state index in [1.54, 1.807) is 9.58 Å². The van der Waals surface area contributed by atoms with Crippen molar-refractivity contribution in [3.63, 3.8) is 0 Å². The molecule has 1 N–H and O–H groups in total. The fraction of sp³-hybridized carbons (Fsp3) is 0.188. The Morgan fingerprint density at radius 1 is 0.795 bits per heavy atom. The molecule has 1 unspecified atom stereocenters. The zero-order valence-electron chi connectivity index (χ0n) is 22.3. The number of benzene rings is 4. The van der Waals surface area contributed by atoms with E-state index in [-0.39, 0.29) is 18.4 Å². The lowest BCUT2D eigenvalue weighted by Gasteiger charge is -2.34. The number of nitrogens with one attached hydrogen (secondary N) is 1. The number of hydrogen-bond donors (Lipinski definition) is 1. The number of rotatable bonds is 8. The first-order valence-corrected chi connectivity index (χ1v) is 13.0. The van der Waals surface area contributed by atoms with Crippen molar-refractivity contribution in [2.45, 2.75) is 39.9 Å². The van der Waals surface area contributed by atoms with Crippen molar-refractivity contribution in [3.05, 3.63) is 125 Å². The summed E-state index contributed by atoms with van der Waals surface area (Å²) in [7, 11) is 0. The van der Waals surface area contributed by atoms with E-state index in [1.807, 2.05) is 118 Å². The molecule has 0 aliphatic rings. The summed E-state index contributed by atoms with van der Waals surface area (Å²) in [6.45, 7) is 6.17. The number of anilines is 1. The van der Waals surface area contributed by atoms with Gasteiger partial charge in [0.2, 0.25) is 11.8 Å². The molecule has 0 saturated carbocycles. The molecule has 0 aliphatic carbocycles. The van der Waals surface area contributed by atoms with Crippen molar-refractivity contribution >= 4 is 28.5 Å². The third kappa shape index (κ3) is 5.43. The zero-order valence-corrected chi connectivity index (χ0v) is 22.3. The Balaban J connectivity index is 1.61. The molecular weight excluding hydrogens is 486 g/mol. The maximum atomic E-state index is 14.3. The van der Waals surface area contributed by atoms with Crippen LogP contribution < -0.4 is 10.2 Å². The average molecular weight is 518 g/mol. The lowest BCUT2D eigenvalue weighted by Crippen LogP contribution is -2.46. The molecule has 4 aromatic carbocycles. The molecule has 196 valence electrons.